The first-order valence-electron chi connectivity index (χ1n) is 6.68. The van der Waals surface area contributed by atoms with Crippen molar-refractivity contribution in [2.24, 2.45) is 11.7 Å². The lowest BCUT2D eigenvalue weighted by Crippen LogP contribution is -2.46. The highest BCUT2D eigenvalue weighted by molar-refractivity contribution is 7.80. The number of hydrogen-bond donors (Lipinski definition) is 2. The fourth-order valence-corrected chi connectivity index (χ4v) is 2.30. The van der Waals surface area contributed by atoms with Gasteiger partial charge in [-0.2, -0.15) is 0 Å². The zero-order valence-electron chi connectivity index (χ0n) is 12.3. The van der Waals surface area contributed by atoms with Gasteiger partial charge in [-0.25, -0.2) is 0 Å². The van der Waals surface area contributed by atoms with Crippen molar-refractivity contribution in [3.63, 3.8) is 0 Å². The maximum atomic E-state index is 12.3. The van der Waals surface area contributed by atoms with Crippen molar-refractivity contribution >= 4 is 23.1 Å². The average Bonchev–Trinajstić information content (AvgIpc) is 2.35. The number of rotatable bonds is 7. The zero-order valence-corrected chi connectivity index (χ0v) is 13.1. The number of nitrogens with zero attached hydrogens (tertiary/aromatic N) is 1. The Balaban J connectivity index is 2.66. The number of carbonyl (C=O) groups excluding carboxylic acids is 1. The molecule has 1 aromatic rings. The van der Waals surface area contributed by atoms with E-state index in [0.29, 0.717) is 6.42 Å². The number of carbonyl (C=O) groups is 1. The van der Waals surface area contributed by atoms with Gasteiger partial charge in [-0.05, 0) is 33.0 Å². The Kier molecular flexibility index (Phi) is 6.61. The monoisotopic (exact) mass is 293 g/mol. The lowest BCUT2D eigenvalue weighted by atomic mass is 9.98. The Labute approximate surface area is 126 Å². The normalized spacial score (nSPS) is 13.8. The number of hydrogen-bond acceptors (Lipinski definition) is 3. The molecule has 0 saturated heterocycles. The minimum Gasteiger partial charge on any atom is -0.393 e. The van der Waals surface area contributed by atoms with Crippen molar-refractivity contribution in [2.45, 2.75) is 19.4 Å². The maximum absolute atomic E-state index is 12.3. The van der Waals surface area contributed by atoms with Crippen LogP contribution in [-0.4, -0.2) is 42.5 Å². The van der Waals surface area contributed by atoms with Crippen molar-refractivity contribution in [3.05, 3.63) is 35.9 Å². The van der Waals surface area contributed by atoms with E-state index < -0.39 is 5.92 Å². The molecular weight excluding hydrogens is 270 g/mol. The van der Waals surface area contributed by atoms with Crippen molar-refractivity contribution in [1.29, 1.82) is 0 Å². The summed E-state index contributed by atoms with van der Waals surface area (Å²) in [6.07, 6.45) is 0.538. The summed E-state index contributed by atoms with van der Waals surface area (Å²) in [5, 5.41) is 2.96. The number of nitrogens with one attached hydrogen (secondary N) is 1. The quantitative estimate of drug-likeness (QED) is 0.742. The SMILES string of the molecule is CC(CN(C)C)NC(=O)C(Cc1ccccc1)C(N)=S. The van der Waals surface area contributed by atoms with Crippen LogP contribution in [0.15, 0.2) is 30.3 Å². The molecule has 4 nitrogen and oxygen atoms in total. The van der Waals surface area contributed by atoms with Gasteiger partial charge in [0.15, 0.2) is 0 Å². The number of likely N-dealkylation sites (N-methyl/N-ethyl adjacent to an activating group) is 1. The molecule has 0 spiro atoms. The highest BCUT2D eigenvalue weighted by atomic mass is 32.1. The molecule has 3 N–H and O–H groups in total. The molecule has 0 aliphatic carbocycles. The van der Waals surface area contributed by atoms with Crippen LogP contribution in [0.2, 0.25) is 0 Å². The second kappa shape index (κ2) is 7.97. The number of nitrogens with two attached hydrogens (primary N) is 1. The van der Waals surface area contributed by atoms with E-state index in [1.807, 2.05) is 56.3 Å². The third-order valence-corrected chi connectivity index (χ3v) is 3.25. The smallest absolute Gasteiger partial charge is 0.230 e. The zero-order chi connectivity index (χ0) is 15.1. The van der Waals surface area contributed by atoms with Gasteiger partial charge in [0.25, 0.3) is 0 Å². The largest absolute Gasteiger partial charge is 0.393 e. The van der Waals surface area contributed by atoms with Gasteiger partial charge in [-0.3, -0.25) is 4.79 Å². The average molecular weight is 293 g/mol. The van der Waals surface area contributed by atoms with Crippen LogP contribution in [0.25, 0.3) is 0 Å². The van der Waals surface area contributed by atoms with Crippen LogP contribution < -0.4 is 11.1 Å². The Morgan fingerprint density at radius 1 is 1.35 bits per heavy atom. The molecule has 2 atom stereocenters. The lowest BCUT2D eigenvalue weighted by Gasteiger charge is -2.22. The summed E-state index contributed by atoms with van der Waals surface area (Å²) in [7, 11) is 3.94. The Morgan fingerprint density at radius 3 is 2.45 bits per heavy atom. The molecule has 0 bridgehead atoms. The molecule has 0 aliphatic rings. The predicted molar refractivity (Wildman–Crippen MR) is 86.6 cm³/mol. The summed E-state index contributed by atoms with van der Waals surface area (Å²) in [4.78, 5) is 14.5. The highest BCUT2D eigenvalue weighted by Crippen LogP contribution is 2.10. The van der Waals surface area contributed by atoms with Crippen molar-refractivity contribution in [1.82, 2.24) is 10.2 Å². The second-order valence-electron chi connectivity index (χ2n) is 5.32. The second-order valence-corrected chi connectivity index (χ2v) is 5.79. The van der Waals surface area contributed by atoms with Crippen LogP contribution in [0, 0.1) is 5.92 Å². The van der Waals surface area contributed by atoms with Crippen molar-refractivity contribution < 1.29 is 4.79 Å². The molecular formula is C15H23N3OS. The van der Waals surface area contributed by atoms with Crippen molar-refractivity contribution in [3.8, 4) is 0 Å². The first kappa shape index (κ1) is 16.6. The fourth-order valence-electron chi connectivity index (χ4n) is 2.11. The molecule has 1 rings (SSSR count). The van der Waals surface area contributed by atoms with Gasteiger partial charge >= 0.3 is 0 Å². The summed E-state index contributed by atoms with van der Waals surface area (Å²) >= 11 is 5.04. The van der Waals surface area contributed by atoms with E-state index in [2.05, 4.69) is 5.32 Å². The summed E-state index contributed by atoms with van der Waals surface area (Å²) in [6, 6.07) is 9.84. The van der Waals surface area contributed by atoms with Gasteiger partial charge in [-0.15, -0.1) is 0 Å². The minimum atomic E-state index is -0.461. The lowest BCUT2D eigenvalue weighted by molar-refractivity contribution is -0.123. The van der Waals surface area contributed by atoms with E-state index in [9.17, 15) is 4.79 Å². The van der Waals surface area contributed by atoms with E-state index in [1.165, 1.54) is 0 Å². The van der Waals surface area contributed by atoms with E-state index in [4.69, 9.17) is 18.0 Å². The maximum Gasteiger partial charge on any atom is 0.230 e. The van der Waals surface area contributed by atoms with Gasteiger partial charge in [0, 0.05) is 12.6 Å². The van der Waals surface area contributed by atoms with Crippen LogP contribution in [-0.2, 0) is 11.2 Å². The molecule has 20 heavy (non-hydrogen) atoms. The molecule has 110 valence electrons. The van der Waals surface area contributed by atoms with Crippen LogP contribution in [0.3, 0.4) is 0 Å². The van der Waals surface area contributed by atoms with Crippen LogP contribution in [0.5, 0.6) is 0 Å². The minimum absolute atomic E-state index is 0.0603. The number of thiocarbonyl (C=S) groups is 1. The van der Waals surface area contributed by atoms with E-state index in [1.54, 1.807) is 0 Å². The van der Waals surface area contributed by atoms with Crippen LogP contribution >= 0.6 is 12.2 Å². The molecule has 1 aromatic carbocycles. The fraction of sp³-hybridized carbons (Fsp3) is 0.467. The first-order valence-corrected chi connectivity index (χ1v) is 7.09. The van der Waals surface area contributed by atoms with E-state index in [-0.39, 0.29) is 16.9 Å². The third-order valence-electron chi connectivity index (χ3n) is 2.97. The predicted octanol–water partition coefficient (Wildman–Crippen LogP) is 1.20. The first-order chi connectivity index (χ1) is 9.40. The van der Waals surface area contributed by atoms with Gasteiger partial charge in [0.05, 0.1) is 10.9 Å². The molecule has 2 unspecified atom stereocenters. The van der Waals surface area contributed by atoms with Crippen LogP contribution in [0.1, 0.15) is 12.5 Å². The Morgan fingerprint density at radius 2 is 1.95 bits per heavy atom. The van der Waals surface area contributed by atoms with Gasteiger partial charge in [-0.1, -0.05) is 42.5 Å². The topological polar surface area (TPSA) is 58.4 Å². The molecule has 0 heterocycles. The molecule has 0 aliphatic heterocycles. The number of benzene rings is 1. The van der Waals surface area contributed by atoms with Crippen molar-refractivity contribution in [2.75, 3.05) is 20.6 Å². The van der Waals surface area contributed by atoms with Crippen LogP contribution in [0.4, 0.5) is 0 Å². The van der Waals surface area contributed by atoms with Gasteiger partial charge in [0.1, 0.15) is 0 Å². The Hall–Kier alpha value is -1.46. The summed E-state index contributed by atoms with van der Waals surface area (Å²) in [5.41, 5.74) is 6.78. The third kappa shape index (κ3) is 5.67. The standard InChI is InChI=1S/C15H23N3OS/c1-11(10-18(2)3)17-15(19)13(14(16)20)9-12-7-5-4-6-8-12/h4-8,11,13H,9-10H2,1-3H3,(H2,16,20)(H,17,19). The van der Waals surface area contributed by atoms with Gasteiger partial charge < -0.3 is 16.0 Å². The van der Waals surface area contributed by atoms with Gasteiger partial charge in [0.2, 0.25) is 5.91 Å². The summed E-state index contributed by atoms with van der Waals surface area (Å²) in [5.74, 6) is -0.562. The molecule has 0 fully saturated rings. The molecule has 1 amide bonds. The summed E-state index contributed by atoms with van der Waals surface area (Å²) < 4.78 is 0. The number of amides is 1. The Bertz CT molecular complexity index is 448. The molecule has 0 saturated carbocycles. The highest BCUT2D eigenvalue weighted by Gasteiger charge is 2.23. The summed E-state index contributed by atoms with van der Waals surface area (Å²) in [6.45, 7) is 2.75. The molecule has 5 heteroatoms. The molecule has 0 aromatic heterocycles. The molecule has 0 radical (unpaired) electrons. The van der Waals surface area contributed by atoms with E-state index in [0.717, 1.165) is 12.1 Å². The van der Waals surface area contributed by atoms with E-state index >= 15 is 0 Å².